The van der Waals surface area contributed by atoms with E-state index in [1.165, 1.54) is 11.1 Å². The number of hydrogen-bond acceptors (Lipinski definition) is 14. The molecule has 15 rings (SSSR count). The Kier molecular flexibility index (Phi) is 33.0. The van der Waals surface area contributed by atoms with Crippen LogP contribution in [0, 0.1) is 27.7 Å². The Morgan fingerprint density at radius 1 is 0.292 bits per heavy atom. The maximum Gasteiger partial charge on any atom is 0.184 e. The fourth-order valence-electron chi connectivity index (χ4n) is 15.2. The summed E-state index contributed by atoms with van der Waals surface area (Å²) in [4.78, 5) is 1.36. The Morgan fingerprint density at radius 3 is 0.877 bits per heavy atom. The molecule has 0 N–H and O–H groups in total. The van der Waals surface area contributed by atoms with Crippen LogP contribution in [0.15, 0.2) is 317 Å². The Morgan fingerprint density at radius 2 is 0.569 bits per heavy atom. The Balaban J connectivity index is 0.000000157. The number of rotatable bonds is 33. The van der Waals surface area contributed by atoms with E-state index < -0.39 is 39.3 Å². The smallest absolute Gasteiger partial charge is 0.184 e. The molecule has 0 saturated carbocycles. The molecule has 22 heteroatoms. The number of aryl methyl sites for hydroxylation is 8. The standard InChI is InChI=1S/2C28H30N2O3S.C27H28N2O2S.C25H32N2O2S/c1-4-5-11-22-15-17-24(18-16-22)34(31,32)20-23-19-26(25-12-7-9-14-28(25)33-3)29-30(23)27-13-8-6-10-21(27)2;1-4-5-9-22-11-17-26(18-12-22)34(31,32)20-24-19-27(23-13-15-25(33-3)16-14-23)29-30(24)28-10-7-6-8-21(28)2;1-3-4-11-22-15-17-25(18-16-22)32(30,31)20-24-19-26(23-12-6-5-7-13-23)28-29(24)27-14-9-8-10-21(27)2;1-6-7-11-20-13-15-22(16-14-20)30(28,29)18-21-17-24(25(3,4)5)26-27(21)23-12-9-8-10-19(23)2/h6-10,12-19H,4-5,11,20H2,1-3H3;6-8,10-19H,4-5,9,20H2,1-3H3;5-10,12-19H,3-4,11,20H2,1-2H3;8-10,12-17H,6-7,11,18H2,1-5H3. The van der Waals surface area contributed by atoms with Crippen LogP contribution < -0.4 is 9.47 Å². The lowest BCUT2D eigenvalue weighted by molar-refractivity contribution is 0.415. The van der Waals surface area contributed by atoms with Crippen molar-refractivity contribution in [3.8, 4) is 68.0 Å². The Labute approximate surface area is 769 Å². The lowest BCUT2D eigenvalue weighted by Gasteiger charge is -2.14. The zero-order valence-corrected chi connectivity index (χ0v) is 80.2. The summed E-state index contributed by atoms with van der Waals surface area (Å²) in [5, 5.41) is 19.2. The monoisotopic (exact) mass is 1820 g/mol. The van der Waals surface area contributed by atoms with Gasteiger partial charge in [-0.3, -0.25) is 0 Å². The summed E-state index contributed by atoms with van der Waals surface area (Å²) in [5.41, 5.74) is 20.4. The maximum atomic E-state index is 13.4. The first-order chi connectivity index (χ1) is 62.4. The van der Waals surface area contributed by atoms with E-state index >= 15 is 0 Å². The second-order valence-electron chi connectivity index (χ2n) is 33.9. The zero-order valence-electron chi connectivity index (χ0n) is 76.9. The number of sulfone groups is 4. The van der Waals surface area contributed by atoms with Crippen molar-refractivity contribution in [2.24, 2.45) is 0 Å². The second-order valence-corrected chi connectivity index (χ2v) is 41.9. The Hall–Kier alpha value is -12.3. The van der Waals surface area contributed by atoms with Crippen LogP contribution >= 0.6 is 0 Å². The molecule has 0 atom stereocenters. The average molecular weight is 1820 g/mol. The molecule has 0 radical (unpaired) electrons. The van der Waals surface area contributed by atoms with Crippen molar-refractivity contribution in [3.63, 3.8) is 0 Å². The summed E-state index contributed by atoms with van der Waals surface area (Å²) in [6.45, 7) is 22.9. The number of nitrogens with zero attached hydrogens (tertiary/aromatic N) is 8. The predicted octanol–water partition coefficient (Wildman–Crippen LogP) is 24.3. The molecule has 0 bridgehead atoms. The van der Waals surface area contributed by atoms with Gasteiger partial charge >= 0.3 is 0 Å². The lowest BCUT2D eigenvalue weighted by atomic mass is 9.92. The van der Waals surface area contributed by atoms with Crippen LogP contribution in [0.1, 0.15) is 173 Å². The van der Waals surface area contributed by atoms with Crippen molar-refractivity contribution in [3.05, 3.63) is 370 Å². The predicted molar refractivity (Wildman–Crippen MR) is 525 cm³/mol. The van der Waals surface area contributed by atoms with Crippen molar-refractivity contribution in [2.75, 3.05) is 14.2 Å². The zero-order chi connectivity index (χ0) is 92.8. The van der Waals surface area contributed by atoms with Gasteiger partial charge < -0.3 is 9.47 Å². The summed E-state index contributed by atoms with van der Waals surface area (Å²) < 4.78 is 124. The third kappa shape index (κ3) is 25.0. The van der Waals surface area contributed by atoms with E-state index in [1.54, 1.807) is 81.5 Å². The number of aromatic nitrogens is 8. The molecule has 15 aromatic rings. The van der Waals surface area contributed by atoms with Crippen LogP contribution in [0.2, 0.25) is 0 Å². The van der Waals surface area contributed by atoms with Crippen LogP contribution in [-0.4, -0.2) is 87.0 Å². The highest BCUT2D eigenvalue weighted by Gasteiger charge is 2.29. The van der Waals surface area contributed by atoms with Crippen LogP contribution in [0.4, 0.5) is 0 Å². The number of para-hydroxylation sites is 5. The van der Waals surface area contributed by atoms with E-state index in [1.807, 2.05) is 276 Å². The first-order valence-corrected chi connectivity index (χ1v) is 51.2. The second kappa shape index (κ2) is 44.3. The fourth-order valence-corrected chi connectivity index (χ4v) is 20.5. The first kappa shape index (κ1) is 96.7. The molecule has 0 unspecified atom stereocenters. The molecule has 11 aromatic carbocycles. The van der Waals surface area contributed by atoms with Gasteiger partial charge in [-0.25, -0.2) is 52.4 Å². The molecule has 0 aliphatic heterocycles. The van der Waals surface area contributed by atoms with Gasteiger partial charge in [0.05, 0.1) is 125 Å². The quantitative estimate of drug-likeness (QED) is 0.0373. The molecule has 0 amide bonds. The molecule has 4 heterocycles. The van der Waals surface area contributed by atoms with Gasteiger partial charge in [0.1, 0.15) is 11.5 Å². The van der Waals surface area contributed by atoms with E-state index in [4.69, 9.17) is 29.9 Å². The minimum Gasteiger partial charge on any atom is -0.497 e. The Bertz CT molecular complexity index is 6760. The third-order valence-corrected chi connectivity index (χ3v) is 29.5. The minimum atomic E-state index is -3.57. The lowest BCUT2D eigenvalue weighted by Crippen LogP contribution is -2.13. The molecule has 130 heavy (non-hydrogen) atoms. The first-order valence-electron chi connectivity index (χ1n) is 44.6. The van der Waals surface area contributed by atoms with E-state index in [0.717, 1.165) is 167 Å². The van der Waals surface area contributed by atoms with E-state index in [2.05, 4.69) is 48.5 Å². The fraction of sp³-hybridized carbons (Fsp3) is 0.278. The molecule has 0 fully saturated rings. The van der Waals surface area contributed by atoms with Gasteiger partial charge in [-0.1, -0.05) is 238 Å². The van der Waals surface area contributed by atoms with Crippen LogP contribution in [0.25, 0.3) is 56.5 Å². The number of unbranched alkanes of at least 4 members (excludes halogenated alkanes) is 4. The van der Waals surface area contributed by atoms with Crippen molar-refractivity contribution in [2.45, 2.75) is 201 Å². The summed E-state index contributed by atoms with van der Waals surface area (Å²) in [7, 11) is -10.9. The van der Waals surface area contributed by atoms with Crippen molar-refractivity contribution < 1.29 is 43.1 Å². The molecule has 18 nitrogen and oxygen atoms in total. The van der Waals surface area contributed by atoms with Crippen molar-refractivity contribution in [1.82, 2.24) is 39.1 Å². The topological polar surface area (TPSA) is 226 Å². The molecule has 676 valence electrons. The molecule has 4 aromatic heterocycles. The highest BCUT2D eigenvalue weighted by molar-refractivity contribution is 7.91. The van der Waals surface area contributed by atoms with Crippen LogP contribution in [0.5, 0.6) is 11.5 Å². The van der Waals surface area contributed by atoms with Crippen molar-refractivity contribution >= 4 is 39.3 Å². The summed E-state index contributed by atoms with van der Waals surface area (Å²) in [5.74, 6) is 0.950. The molecule has 0 saturated heterocycles. The largest absolute Gasteiger partial charge is 0.497 e. The summed E-state index contributed by atoms with van der Waals surface area (Å²) in [6, 6.07) is 93.3. The number of ether oxygens (including phenoxy) is 2. The SMILES string of the molecule is CCCCc1ccc(S(=O)(=O)Cc2cc(-c3ccc(OC)cc3)nn2-c2ccccc2C)cc1.CCCCc1ccc(S(=O)(=O)Cc2cc(-c3ccccc3)nn2-c2ccccc2C)cc1.CCCCc1ccc(S(=O)(=O)Cc2cc(-c3ccccc3OC)nn2-c2ccccc2C)cc1.CCCCc1ccc(S(=O)(=O)Cc2cc(C(C)(C)C)nn2-c2ccccc2C)cc1. The van der Waals surface area contributed by atoms with Gasteiger partial charge in [0, 0.05) is 22.1 Å². The highest BCUT2D eigenvalue weighted by Crippen LogP contribution is 2.36. The van der Waals surface area contributed by atoms with Gasteiger partial charge in [-0.2, -0.15) is 20.4 Å². The van der Waals surface area contributed by atoms with E-state index in [0.29, 0.717) is 59.5 Å². The summed E-state index contributed by atoms with van der Waals surface area (Å²) in [6.07, 6.45) is 12.7. The molecule has 0 spiro atoms. The normalized spacial score (nSPS) is 11.7. The van der Waals surface area contributed by atoms with E-state index in [9.17, 15) is 33.7 Å². The molecular weight excluding hydrogens is 1700 g/mol. The van der Waals surface area contributed by atoms with Gasteiger partial charge in [-0.15, -0.1) is 0 Å². The number of methoxy groups -OCH3 is 2. The third-order valence-electron chi connectivity index (χ3n) is 22.9. The molecular formula is C108H120N8O10S4. The minimum absolute atomic E-state index is 0.0846. The summed E-state index contributed by atoms with van der Waals surface area (Å²) >= 11 is 0. The van der Waals surface area contributed by atoms with Gasteiger partial charge in [0.2, 0.25) is 0 Å². The highest BCUT2D eigenvalue weighted by atomic mass is 32.2. The van der Waals surface area contributed by atoms with Crippen LogP contribution in [0.3, 0.4) is 0 Å². The van der Waals surface area contributed by atoms with Crippen LogP contribution in [-0.2, 0) is 93.5 Å². The van der Waals surface area contributed by atoms with Gasteiger partial charge in [0.15, 0.2) is 39.3 Å². The van der Waals surface area contributed by atoms with Gasteiger partial charge in [-0.05, 0) is 257 Å². The average Bonchev–Trinajstić information content (AvgIpc) is 1.65. The number of hydrogen-bond donors (Lipinski definition) is 0. The maximum absolute atomic E-state index is 13.4. The molecule has 0 aliphatic carbocycles. The van der Waals surface area contributed by atoms with E-state index in [-0.39, 0.29) is 28.4 Å². The van der Waals surface area contributed by atoms with Crippen molar-refractivity contribution in [1.29, 1.82) is 0 Å². The van der Waals surface area contributed by atoms with Gasteiger partial charge in [0.25, 0.3) is 0 Å². The molecule has 0 aliphatic rings. The number of benzene rings is 11.